The lowest BCUT2D eigenvalue weighted by Gasteiger charge is -2.36. The molecule has 1 fully saturated rings. The number of carbonyl (C=O) groups is 2. The Hall–Kier alpha value is -3.00. The topological polar surface area (TPSA) is 61.9 Å². The molecule has 2 aromatic carbocycles. The largest absolute Gasteiger partial charge is 0.426 e. The van der Waals surface area contributed by atoms with Crippen LogP contribution in [0.1, 0.15) is 12.0 Å². The normalized spacial score (nSPS) is 16.5. The van der Waals surface area contributed by atoms with Crippen LogP contribution in [0.5, 0.6) is 5.75 Å². The monoisotopic (exact) mass is 401 g/mol. The van der Waals surface area contributed by atoms with Gasteiger partial charge in [-0.05, 0) is 18.2 Å². The van der Waals surface area contributed by atoms with E-state index in [-0.39, 0.29) is 18.3 Å². The summed E-state index contributed by atoms with van der Waals surface area (Å²) in [6.45, 7) is 3.45. The number of halogens is 2. The number of hydrogen-bond donors (Lipinski definition) is 1. The number of fused-ring (bicyclic) bond motifs is 1. The van der Waals surface area contributed by atoms with Gasteiger partial charge in [0.15, 0.2) is 11.6 Å². The molecule has 0 saturated carbocycles. The molecule has 2 aliphatic heterocycles. The molecule has 0 radical (unpaired) electrons. The molecule has 0 aliphatic carbocycles. The number of benzene rings is 2. The van der Waals surface area contributed by atoms with E-state index in [4.69, 9.17) is 4.74 Å². The first-order chi connectivity index (χ1) is 14.0. The third kappa shape index (κ3) is 4.54. The van der Waals surface area contributed by atoms with Crippen molar-refractivity contribution in [1.82, 2.24) is 4.90 Å². The SMILES string of the molecule is O=C(CCN1CCN(c2ccc(F)c(F)c2)CC1)Nc1ccc2c(c1)OC(=O)C2. The average molecular weight is 401 g/mol. The van der Waals surface area contributed by atoms with E-state index in [1.807, 2.05) is 4.90 Å². The van der Waals surface area contributed by atoms with Crippen molar-refractivity contribution < 1.29 is 23.1 Å². The minimum absolute atomic E-state index is 0.114. The number of nitrogens with one attached hydrogen (secondary N) is 1. The van der Waals surface area contributed by atoms with Gasteiger partial charge >= 0.3 is 5.97 Å². The molecule has 4 rings (SSSR count). The molecule has 1 amide bonds. The summed E-state index contributed by atoms with van der Waals surface area (Å²) < 4.78 is 31.6. The zero-order chi connectivity index (χ0) is 20.4. The van der Waals surface area contributed by atoms with Crippen molar-refractivity contribution in [1.29, 1.82) is 0 Å². The maximum Gasteiger partial charge on any atom is 0.315 e. The molecular formula is C21H21F2N3O3. The van der Waals surface area contributed by atoms with Crippen LogP contribution in [-0.2, 0) is 16.0 Å². The highest BCUT2D eigenvalue weighted by Crippen LogP contribution is 2.29. The van der Waals surface area contributed by atoms with Crippen LogP contribution in [0, 0.1) is 11.6 Å². The molecule has 0 unspecified atom stereocenters. The summed E-state index contributed by atoms with van der Waals surface area (Å²) in [7, 11) is 0. The molecule has 8 heteroatoms. The van der Waals surface area contributed by atoms with Crippen molar-refractivity contribution in [3.8, 4) is 5.75 Å². The molecule has 1 N–H and O–H groups in total. The summed E-state index contributed by atoms with van der Waals surface area (Å²) in [6.07, 6.45) is 0.599. The Bertz CT molecular complexity index is 943. The second-order valence-electron chi connectivity index (χ2n) is 7.20. The Labute approximate surface area is 167 Å². The summed E-state index contributed by atoms with van der Waals surface area (Å²) in [5, 5.41) is 2.83. The Morgan fingerprint density at radius 3 is 2.59 bits per heavy atom. The fraction of sp³-hybridized carbons (Fsp3) is 0.333. The van der Waals surface area contributed by atoms with E-state index >= 15 is 0 Å². The lowest BCUT2D eigenvalue weighted by Crippen LogP contribution is -2.47. The van der Waals surface area contributed by atoms with Gasteiger partial charge in [0, 0.05) is 68.2 Å². The van der Waals surface area contributed by atoms with E-state index in [0.29, 0.717) is 43.2 Å². The van der Waals surface area contributed by atoms with Gasteiger partial charge in [-0.25, -0.2) is 8.78 Å². The third-order valence-electron chi connectivity index (χ3n) is 5.21. The van der Waals surface area contributed by atoms with Crippen LogP contribution in [-0.4, -0.2) is 49.5 Å². The van der Waals surface area contributed by atoms with Crippen molar-refractivity contribution in [2.45, 2.75) is 12.8 Å². The average Bonchev–Trinajstić information content (AvgIpc) is 3.08. The molecule has 0 aromatic heterocycles. The standard InChI is InChI=1S/C21H21F2N3O3/c22-17-4-3-16(13-18(17)23)26-9-7-25(8-10-26)6-5-20(27)24-15-2-1-14-11-21(28)29-19(14)12-15/h1-4,12-13H,5-11H2,(H,24,27). The lowest BCUT2D eigenvalue weighted by molar-refractivity contribution is -0.131. The fourth-order valence-electron chi connectivity index (χ4n) is 3.58. The highest BCUT2D eigenvalue weighted by atomic mass is 19.2. The summed E-state index contributed by atoms with van der Waals surface area (Å²) >= 11 is 0. The zero-order valence-corrected chi connectivity index (χ0v) is 15.8. The molecule has 6 nitrogen and oxygen atoms in total. The van der Waals surface area contributed by atoms with Crippen LogP contribution in [0.15, 0.2) is 36.4 Å². The van der Waals surface area contributed by atoms with Crippen molar-refractivity contribution >= 4 is 23.3 Å². The van der Waals surface area contributed by atoms with Crippen LogP contribution < -0.4 is 15.0 Å². The van der Waals surface area contributed by atoms with Crippen LogP contribution in [0.25, 0.3) is 0 Å². The number of anilines is 2. The van der Waals surface area contributed by atoms with Gasteiger partial charge in [0.05, 0.1) is 6.42 Å². The number of ether oxygens (including phenoxy) is 1. The molecule has 2 heterocycles. The van der Waals surface area contributed by atoms with Crippen molar-refractivity contribution in [3.05, 3.63) is 53.6 Å². The van der Waals surface area contributed by atoms with E-state index in [2.05, 4.69) is 10.2 Å². The predicted octanol–water partition coefficient (Wildman–Crippen LogP) is 2.58. The molecule has 1 saturated heterocycles. The molecule has 0 atom stereocenters. The van der Waals surface area contributed by atoms with Crippen LogP contribution in [0.2, 0.25) is 0 Å². The second-order valence-corrected chi connectivity index (χ2v) is 7.20. The van der Waals surface area contributed by atoms with E-state index in [1.165, 1.54) is 6.07 Å². The van der Waals surface area contributed by atoms with Gasteiger partial charge < -0.3 is 15.0 Å². The highest BCUT2D eigenvalue weighted by Gasteiger charge is 2.21. The summed E-state index contributed by atoms with van der Waals surface area (Å²) in [6, 6.07) is 9.15. The second kappa shape index (κ2) is 8.16. The van der Waals surface area contributed by atoms with Crippen molar-refractivity contribution in [3.63, 3.8) is 0 Å². The number of carbonyl (C=O) groups excluding carboxylic acids is 2. The predicted molar refractivity (Wildman–Crippen MR) is 104 cm³/mol. The van der Waals surface area contributed by atoms with E-state index in [9.17, 15) is 18.4 Å². The highest BCUT2D eigenvalue weighted by molar-refractivity contribution is 5.91. The Morgan fingerprint density at radius 1 is 1.03 bits per heavy atom. The number of amides is 1. The number of hydrogen-bond acceptors (Lipinski definition) is 5. The molecule has 2 aliphatic rings. The molecule has 29 heavy (non-hydrogen) atoms. The summed E-state index contributed by atoms with van der Waals surface area (Å²) in [5.74, 6) is -1.59. The number of rotatable bonds is 5. The van der Waals surface area contributed by atoms with Crippen LogP contribution in [0.3, 0.4) is 0 Å². The van der Waals surface area contributed by atoms with E-state index < -0.39 is 11.6 Å². The first kappa shape index (κ1) is 19.3. The van der Waals surface area contributed by atoms with Gasteiger partial charge in [-0.1, -0.05) is 6.07 Å². The molecular weight excluding hydrogens is 380 g/mol. The first-order valence-corrected chi connectivity index (χ1v) is 9.54. The molecule has 0 spiro atoms. The lowest BCUT2D eigenvalue weighted by atomic mass is 10.1. The van der Waals surface area contributed by atoms with Gasteiger partial charge in [0.1, 0.15) is 5.75 Å². The van der Waals surface area contributed by atoms with E-state index in [0.717, 1.165) is 24.7 Å². The number of esters is 1. The smallest absolute Gasteiger partial charge is 0.315 e. The zero-order valence-electron chi connectivity index (χ0n) is 15.8. The van der Waals surface area contributed by atoms with Crippen LogP contribution >= 0.6 is 0 Å². The van der Waals surface area contributed by atoms with Gasteiger partial charge in [-0.15, -0.1) is 0 Å². The summed E-state index contributed by atoms with van der Waals surface area (Å²) in [5.41, 5.74) is 2.09. The first-order valence-electron chi connectivity index (χ1n) is 9.54. The fourth-order valence-corrected chi connectivity index (χ4v) is 3.58. The molecule has 152 valence electrons. The maximum atomic E-state index is 13.4. The van der Waals surface area contributed by atoms with Crippen LogP contribution in [0.4, 0.5) is 20.2 Å². The van der Waals surface area contributed by atoms with Crippen molar-refractivity contribution in [2.75, 3.05) is 42.9 Å². The van der Waals surface area contributed by atoms with E-state index in [1.54, 1.807) is 24.3 Å². The minimum atomic E-state index is -0.847. The third-order valence-corrected chi connectivity index (χ3v) is 5.21. The van der Waals surface area contributed by atoms with Gasteiger partial charge in [-0.3, -0.25) is 14.5 Å². The summed E-state index contributed by atoms with van der Waals surface area (Å²) in [4.78, 5) is 27.7. The van der Waals surface area contributed by atoms with Gasteiger partial charge in [0.2, 0.25) is 5.91 Å². The van der Waals surface area contributed by atoms with Crippen molar-refractivity contribution in [2.24, 2.45) is 0 Å². The van der Waals surface area contributed by atoms with Gasteiger partial charge in [-0.2, -0.15) is 0 Å². The molecule has 2 aromatic rings. The maximum absolute atomic E-state index is 13.4. The van der Waals surface area contributed by atoms with Gasteiger partial charge in [0.25, 0.3) is 0 Å². The minimum Gasteiger partial charge on any atom is -0.426 e. The Balaban J connectivity index is 1.23. The number of nitrogens with zero attached hydrogens (tertiary/aromatic N) is 2. The Kier molecular flexibility index (Phi) is 5.44. The molecule has 0 bridgehead atoms. The quantitative estimate of drug-likeness (QED) is 0.617. The Morgan fingerprint density at radius 2 is 1.83 bits per heavy atom. The number of piperazine rings is 1.